The summed E-state index contributed by atoms with van der Waals surface area (Å²) in [6.45, 7) is 1.07. The number of pyridine rings is 1. The number of fused-ring (bicyclic) bond motifs is 3. The fraction of sp³-hybridized carbons (Fsp3) is 0.421. The second kappa shape index (κ2) is 5.81. The second-order valence-electron chi connectivity index (χ2n) is 6.73. The first-order valence-electron chi connectivity index (χ1n) is 8.83. The van der Waals surface area contributed by atoms with Crippen LogP contribution in [0.25, 0.3) is 10.2 Å². The van der Waals surface area contributed by atoms with Crippen LogP contribution in [-0.4, -0.2) is 21.5 Å². The third-order valence-corrected chi connectivity index (χ3v) is 6.53. The summed E-state index contributed by atoms with van der Waals surface area (Å²) in [5.74, 6) is 1.14. The fourth-order valence-corrected chi connectivity index (χ4v) is 5.45. The summed E-state index contributed by atoms with van der Waals surface area (Å²) in [4.78, 5) is 18.8. The zero-order valence-corrected chi connectivity index (χ0v) is 14.4. The molecule has 1 aliphatic carbocycles. The van der Waals surface area contributed by atoms with Crippen molar-refractivity contribution in [2.24, 2.45) is 0 Å². The highest BCUT2D eigenvalue weighted by atomic mass is 32.1. The Bertz CT molecular complexity index is 874. The molecule has 24 heavy (non-hydrogen) atoms. The molecule has 1 atom stereocenters. The van der Waals surface area contributed by atoms with Crippen molar-refractivity contribution in [1.82, 2.24) is 15.0 Å². The minimum absolute atomic E-state index is 0.385. The molecule has 0 bridgehead atoms. The summed E-state index contributed by atoms with van der Waals surface area (Å²) in [5, 5.41) is 1.33. The van der Waals surface area contributed by atoms with E-state index in [1.165, 1.54) is 64.7 Å². The van der Waals surface area contributed by atoms with Gasteiger partial charge in [0, 0.05) is 23.8 Å². The lowest BCUT2D eigenvalue weighted by Crippen LogP contribution is -2.24. The predicted molar refractivity (Wildman–Crippen MR) is 97.6 cm³/mol. The molecule has 1 unspecified atom stereocenters. The average Bonchev–Trinajstić information content (AvgIpc) is 3.27. The second-order valence-corrected chi connectivity index (χ2v) is 7.81. The van der Waals surface area contributed by atoms with Crippen molar-refractivity contribution < 1.29 is 0 Å². The summed E-state index contributed by atoms with van der Waals surface area (Å²) >= 11 is 1.88. The van der Waals surface area contributed by atoms with Crippen molar-refractivity contribution in [3.8, 4) is 0 Å². The maximum atomic E-state index is 4.75. The molecule has 122 valence electrons. The molecule has 1 saturated heterocycles. The van der Waals surface area contributed by atoms with Crippen LogP contribution in [0.4, 0.5) is 5.82 Å². The van der Waals surface area contributed by atoms with E-state index in [2.05, 4.69) is 20.9 Å². The lowest BCUT2D eigenvalue weighted by atomic mass is 9.96. The SMILES string of the molecule is c1cncc(C2CCCN2c2ncnc3sc4c(c23)CCCC4)c1. The average molecular weight is 336 g/mol. The molecule has 0 aromatic carbocycles. The van der Waals surface area contributed by atoms with Crippen LogP contribution in [0.3, 0.4) is 0 Å². The first kappa shape index (κ1) is 14.3. The predicted octanol–water partition coefficient (Wildman–Crippen LogP) is 4.31. The van der Waals surface area contributed by atoms with Gasteiger partial charge in [-0.25, -0.2) is 9.97 Å². The van der Waals surface area contributed by atoms with Crippen molar-refractivity contribution >= 4 is 27.4 Å². The number of aromatic nitrogens is 3. The standard InChI is InChI=1S/C19H20N4S/c1-2-8-16-14(6-1)17-18(21-12-22-19(17)24-16)23-10-4-7-15(23)13-5-3-9-20-11-13/h3,5,9,11-12,15H,1-2,4,6-8,10H2. The molecular weight excluding hydrogens is 316 g/mol. The van der Waals surface area contributed by atoms with Gasteiger partial charge < -0.3 is 4.90 Å². The molecule has 1 aliphatic heterocycles. The Labute approximate surface area is 145 Å². The minimum Gasteiger partial charge on any atom is -0.349 e. The molecular formula is C19H20N4S. The lowest BCUT2D eigenvalue weighted by molar-refractivity contribution is 0.696. The van der Waals surface area contributed by atoms with Crippen LogP contribution in [0.1, 0.15) is 47.7 Å². The van der Waals surface area contributed by atoms with Crippen LogP contribution in [0.15, 0.2) is 30.9 Å². The molecule has 5 heteroatoms. The summed E-state index contributed by atoms with van der Waals surface area (Å²) in [7, 11) is 0. The van der Waals surface area contributed by atoms with Gasteiger partial charge in [0.25, 0.3) is 0 Å². The summed E-state index contributed by atoms with van der Waals surface area (Å²) < 4.78 is 0. The van der Waals surface area contributed by atoms with E-state index in [0.29, 0.717) is 6.04 Å². The number of rotatable bonds is 2. The van der Waals surface area contributed by atoms with Crippen LogP contribution in [0.2, 0.25) is 0 Å². The largest absolute Gasteiger partial charge is 0.349 e. The van der Waals surface area contributed by atoms with Crippen molar-refractivity contribution in [2.45, 2.75) is 44.6 Å². The van der Waals surface area contributed by atoms with Gasteiger partial charge in [-0.05, 0) is 55.7 Å². The van der Waals surface area contributed by atoms with Crippen LogP contribution in [0.5, 0.6) is 0 Å². The van der Waals surface area contributed by atoms with Crippen molar-refractivity contribution in [1.29, 1.82) is 0 Å². The van der Waals surface area contributed by atoms with Gasteiger partial charge in [0.2, 0.25) is 0 Å². The van der Waals surface area contributed by atoms with E-state index in [0.717, 1.165) is 12.4 Å². The zero-order chi connectivity index (χ0) is 15.9. The summed E-state index contributed by atoms with van der Waals surface area (Å²) in [6.07, 6.45) is 13.0. The van der Waals surface area contributed by atoms with Gasteiger partial charge in [-0.2, -0.15) is 0 Å². The maximum absolute atomic E-state index is 4.75. The molecule has 0 N–H and O–H groups in total. The maximum Gasteiger partial charge on any atom is 0.141 e. The van der Waals surface area contributed by atoms with E-state index < -0.39 is 0 Å². The van der Waals surface area contributed by atoms with Crippen LogP contribution in [-0.2, 0) is 12.8 Å². The molecule has 1 fully saturated rings. The van der Waals surface area contributed by atoms with Gasteiger partial charge in [-0.15, -0.1) is 11.3 Å². The van der Waals surface area contributed by atoms with Gasteiger partial charge in [-0.1, -0.05) is 6.07 Å². The highest BCUT2D eigenvalue weighted by Gasteiger charge is 2.30. The molecule has 4 heterocycles. The molecule has 3 aromatic heterocycles. The normalized spacial score (nSPS) is 20.5. The highest BCUT2D eigenvalue weighted by Crippen LogP contribution is 2.43. The number of hydrogen-bond donors (Lipinski definition) is 0. The molecule has 4 nitrogen and oxygen atoms in total. The van der Waals surface area contributed by atoms with E-state index in [9.17, 15) is 0 Å². The van der Waals surface area contributed by atoms with Gasteiger partial charge in [0.15, 0.2) is 0 Å². The van der Waals surface area contributed by atoms with Gasteiger partial charge in [0.1, 0.15) is 17.0 Å². The first-order valence-corrected chi connectivity index (χ1v) is 9.65. The van der Waals surface area contributed by atoms with Gasteiger partial charge in [0.05, 0.1) is 11.4 Å². The van der Waals surface area contributed by atoms with Crippen molar-refractivity contribution in [3.63, 3.8) is 0 Å². The summed E-state index contributed by atoms with van der Waals surface area (Å²) in [6, 6.07) is 4.61. The molecule has 3 aromatic rings. The quantitative estimate of drug-likeness (QED) is 0.699. The molecule has 2 aliphatic rings. The minimum atomic E-state index is 0.385. The number of hydrogen-bond acceptors (Lipinski definition) is 5. The van der Waals surface area contributed by atoms with E-state index >= 15 is 0 Å². The topological polar surface area (TPSA) is 41.9 Å². The van der Waals surface area contributed by atoms with Crippen LogP contribution < -0.4 is 4.90 Å². The van der Waals surface area contributed by atoms with E-state index in [1.807, 2.05) is 29.8 Å². The number of anilines is 1. The Hall–Kier alpha value is -2.01. The number of thiophene rings is 1. The molecule has 0 spiro atoms. The van der Waals surface area contributed by atoms with E-state index in [4.69, 9.17) is 4.98 Å². The van der Waals surface area contributed by atoms with Crippen molar-refractivity contribution in [3.05, 3.63) is 46.9 Å². The lowest BCUT2D eigenvalue weighted by Gasteiger charge is -2.27. The monoisotopic (exact) mass is 336 g/mol. The molecule has 5 rings (SSSR count). The Balaban J connectivity index is 1.64. The summed E-state index contributed by atoms with van der Waals surface area (Å²) in [5.41, 5.74) is 2.82. The molecule has 0 radical (unpaired) electrons. The molecule has 0 amide bonds. The van der Waals surface area contributed by atoms with E-state index in [1.54, 1.807) is 6.33 Å². The van der Waals surface area contributed by atoms with Crippen molar-refractivity contribution in [2.75, 3.05) is 11.4 Å². The Morgan fingerprint density at radius 3 is 3.00 bits per heavy atom. The van der Waals surface area contributed by atoms with Gasteiger partial charge in [-0.3, -0.25) is 4.98 Å². The molecule has 0 saturated carbocycles. The first-order chi connectivity index (χ1) is 11.9. The third-order valence-electron chi connectivity index (χ3n) is 5.33. The zero-order valence-electron chi connectivity index (χ0n) is 13.6. The van der Waals surface area contributed by atoms with Crippen LogP contribution in [0, 0.1) is 0 Å². The highest BCUT2D eigenvalue weighted by molar-refractivity contribution is 7.19. The fourth-order valence-electron chi connectivity index (χ4n) is 4.23. The number of aryl methyl sites for hydroxylation is 2. The Morgan fingerprint density at radius 1 is 1.12 bits per heavy atom. The Morgan fingerprint density at radius 2 is 2.08 bits per heavy atom. The van der Waals surface area contributed by atoms with Crippen LogP contribution >= 0.6 is 11.3 Å². The van der Waals surface area contributed by atoms with E-state index in [-0.39, 0.29) is 0 Å². The number of nitrogens with zero attached hydrogens (tertiary/aromatic N) is 4. The van der Waals surface area contributed by atoms with Gasteiger partial charge >= 0.3 is 0 Å². The smallest absolute Gasteiger partial charge is 0.141 e. The Kier molecular flexibility index (Phi) is 3.47. The third kappa shape index (κ3) is 2.22.